The Hall–Kier alpha value is -2.30. The van der Waals surface area contributed by atoms with Crippen molar-refractivity contribution in [3.8, 4) is 0 Å². The van der Waals surface area contributed by atoms with Gasteiger partial charge in [0.05, 0.1) is 6.04 Å². The fourth-order valence-electron chi connectivity index (χ4n) is 3.12. The number of anilines is 1. The predicted octanol–water partition coefficient (Wildman–Crippen LogP) is 5.24. The van der Waals surface area contributed by atoms with Gasteiger partial charge in [-0.25, -0.2) is 0 Å². The molecule has 3 nitrogen and oxygen atoms in total. The van der Waals surface area contributed by atoms with Crippen LogP contribution in [0.3, 0.4) is 0 Å². The van der Waals surface area contributed by atoms with Crippen molar-refractivity contribution in [1.29, 1.82) is 0 Å². The molecule has 2 atom stereocenters. The summed E-state index contributed by atoms with van der Waals surface area (Å²) in [4.78, 5) is 13.7. The SMILES string of the molecule is CSc1cccc(NC(=O)C(C)NC(C)c2cccc3ccccc23)c1. The Kier molecular flexibility index (Phi) is 5.96. The molecule has 26 heavy (non-hydrogen) atoms. The van der Waals surface area contributed by atoms with Gasteiger partial charge < -0.3 is 5.32 Å². The van der Waals surface area contributed by atoms with Crippen molar-refractivity contribution in [2.45, 2.75) is 30.8 Å². The molecule has 0 aliphatic heterocycles. The van der Waals surface area contributed by atoms with E-state index in [0.29, 0.717) is 0 Å². The molecular weight excluding hydrogens is 340 g/mol. The molecule has 0 heterocycles. The van der Waals surface area contributed by atoms with Gasteiger partial charge in [0.2, 0.25) is 5.91 Å². The zero-order valence-electron chi connectivity index (χ0n) is 15.3. The van der Waals surface area contributed by atoms with E-state index >= 15 is 0 Å². The molecule has 3 aromatic carbocycles. The first-order chi connectivity index (χ1) is 12.6. The molecule has 1 amide bonds. The molecule has 0 saturated carbocycles. The number of nitrogens with one attached hydrogen (secondary N) is 2. The van der Waals surface area contributed by atoms with E-state index in [1.165, 1.54) is 16.3 Å². The summed E-state index contributed by atoms with van der Waals surface area (Å²) in [6.07, 6.45) is 2.02. The zero-order chi connectivity index (χ0) is 18.5. The third-order valence-electron chi connectivity index (χ3n) is 4.52. The number of fused-ring (bicyclic) bond motifs is 1. The number of benzene rings is 3. The van der Waals surface area contributed by atoms with E-state index in [2.05, 4.69) is 47.9 Å². The number of amides is 1. The first-order valence-electron chi connectivity index (χ1n) is 8.77. The Morgan fingerprint density at radius 1 is 0.962 bits per heavy atom. The average Bonchev–Trinajstić information content (AvgIpc) is 2.67. The average molecular weight is 365 g/mol. The lowest BCUT2D eigenvalue weighted by molar-refractivity contribution is -0.117. The summed E-state index contributed by atoms with van der Waals surface area (Å²) in [5.41, 5.74) is 2.03. The zero-order valence-corrected chi connectivity index (χ0v) is 16.1. The normalized spacial score (nSPS) is 13.3. The highest BCUT2D eigenvalue weighted by Crippen LogP contribution is 2.24. The van der Waals surface area contributed by atoms with Gasteiger partial charge in [0.1, 0.15) is 0 Å². The predicted molar refractivity (Wildman–Crippen MR) is 112 cm³/mol. The van der Waals surface area contributed by atoms with Crippen LogP contribution in [0, 0.1) is 0 Å². The van der Waals surface area contributed by atoms with Crippen molar-refractivity contribution in [2.24, 2.45) is 0 Å². The lowest BCUT2D eigenvalue weighted by Gasteiger charge is -2.21. The summed E-state index contributed by atoms with van der Waals surface area (Å²) in [5, 5.41) is 8.85. The first kappa shape index (κ1) is 18.5. The third-order valence-corrected chi connectivity index (χ3v) is 5.25. The van der Waals surface area contributed by atoms with Gasteiger partial charge in [-0.15, -0.1) is 11.8 Å². The van der Waals surface area contributed by atoms with Crippen molar-refractivity contribution in [3.63, 3.8) is 0 Å². The third kappa shape index (κ3) is 4.26. The molecule has 3 aromatic rings. The van der Waals surface area contributed by atoms with Crippen LogP contribution in [-0.2, 0) is 4.79 Å². The standard InChI is InChI=1S/C22H24N2OS/c1-15(20-13-6-9-17-8-4-5-12-21(17)20)23-16(2)22(25)24-18-10-7-11-19(14-18)26-3/h4-16,23H,1-3H3,(H,24,25). The highest BCUT2D eigenvalue weighted by Gasteiger charge is 2.17. The number of thioether (sulfide) groups is 1. The largest absolute Gasteiger partial charge is 0.325 e. The van der Waals surface area contributed by atoms with Crippen LogP contribution < -0.4 is 10.6 Å². The van der Waals surface area contributed by atoms with Crippen LogP contribution in [0.25, 0.3) is 10.8 Å². The first-order valence-corrected chi connectivity index (χ1v) is 9.99. The summed E-state index contributed by atoms with van der Waals surface area (Å²) in [5.74, 6) is -0.0321. The van der Waals surface area contributed by atoms with E-state index in [4.69, 9.17) is 0 Å². The molecule has 0 aliphatic carbocycles. The minimum absolute atomic E-state index is 0.0321. The van der Waals surface area contributed by atoms with Crippen LogP contribution in [0.1, 0.15) is 25.5 Å². The van der Waals surface area contributed by atoms with Crippen LogP contribution in [0.5, 0.6) is 0 Å². The molecule has 0 aromatic heterocycles. The van der Waals surface area contributed by atoms with Crippen molar-refractivity contribution in [2.75, 3.05) is 11.6 Å². The molecule has 0 spiro atoms. The van der Waals surface area contributed by atoms with Gasteiger partial charge in [-0.05, 0) is 54.6 Å². The van der Waals surface area contributed by atoms with Gasteiger partial charge in [0.15, 0.2) is 0 Å². The van der Waals surface area contributed by atoms with Crippen LogP contribution in [0.2, 0.25) is 0 Å². The fraction of sp³-hybridized carbons (Fsp3) is 0.227. The molecule has 134 valence electrons. The van der Waals surface area contributed by atoms with Gasteiger partial charge in [0, 0.05) is 16.6 Å². The molecule has 0 aliphatic rings. The van der Waals surface area contributed by atoms with Crippen LogP contribution in [0.15, 0.2) is 71.6 Å². The summed E-state index contributed by atoms with van der Waals surface area (Å²) in [6.45, 7) is 4.00. The fourth-order valence-corrected chi connectivity index (χ4v) is 3.58. The molecule has 2 N–H and O–H groups in total. The topological polar surface area (TPSA) is 41.1 Å². The van der Waals surface area contributed by atoms with Crippen molar-refractivity contribution < 1.29 is 4.79 Å². The second-order valence-electron chi connectivity index (χ2n) is 6.40. The Morgan fingerprint density at radius 3 is 2.50 bits per heavy atom. The molecule has 3 rings (SSSR count). The van der Waals surface area contributed by atoms with Crippen LogP contribution >= 0.6 is 11.8 Å². The van der Waals surface area contributed by atoms with Gasteiger partial charge in [-0.1, -0.05) is 48.5 Å². The lowest BCUT2D eigenvalue weighted by Crippen LogP contribution is -2.39. The quantitative estimate of drug-likeness (QED) is 0.588. The monoisotopic (exact) mass is 364 g/mol. The smallest absolute Gasteiger partial charge is 0.241 e. The second kappa shape index (κ2) is 8.39. The minimum atomic E-state index is -0.304. The lowest BCUT2D eigenvalue weighted by atomic mass is 9.99. The van der Waals surface area contributed by atoms with Gasteiger partial charge in [-0.3, -0.25) is 10.1 Å². The van der Waals surface area contributed by atoms with Crippen LogP contribution in [-0.4, -0.2) is 18.2 Å². The van der Waals surface area contributed by atoms with Gasteiger partial charge in [-0.2, -0.15) is 0 Å². The summed E-state index contributed by atoms with van der Waals surface area (Å²) >= 11 is 1.66. The number of carbonyl (C=O) groups excluding carboxylic acids is 1. The maximum absolute atomic E-state index is 12.6. The van der Waals surface area contributed by atoms with Crippen molar-refractivity contribution >= 4 is 34.1 Å². The van der Waals surface area contributed by atoms with E-state index in [-0.39, 0.29) is 18.0 Å². The molecule has 0 saturated heterocycles. The summed E-state index contributed by atoms with van der Waals surface area (Å²) in [6, 6.07) is 22.3. The molecule has 0 radical (unpaired) electrons. The van der Waals surface area contributed by atoms with E-state index in [9.17, 15) is 4.79 Å². The van der Waals surface area contributed by atoms with Crippen molar-refractivity contribution in [3.05, 3.63) is 72.3 Å². The molecule has 2 unspecified atom stereocenters. The van der Waals surface area contributed by atoms with E-state index < -0.39 is 0 Å². The van der Waals surface area contributed by atoms with Crippen molar-refractivity contribution in [1.82, 2.24) is 5.32 Å². The van der Waals surface area contributed by atoms with Crippen LogP contribution in [0.4, 0.5) is 5.69 Å². The van der Waals surface area contributed by atoms with Gasteiger partial charge in [0.25, 0.3) is 0 Å². The Morgan fingerprint density at radius 2 is 1.69 bits per heavy atom. The Balaban J connectivity index is 1.70. The molecular formula is C22H24N2OS. The molecule has 4 heteroatoms. The number of rotatable bonds is 6. The van der Waals surface area contributed by atoms with E-state index in [1.54, 1.807) is 11.8 Å². The Bertz CT molecular complexity index is 904. The summed E-state index contributed by atoms with van der Waals surface area (Å²) < 4.78 is 0. The number of hydrogen-bond donors (Lipinski definition) is 2. The van der Waals surface area contributed by atoms with E-state index in [1.807, 2.05) is 49.6 Å². The van der Waals surface area contributed by atoms with E-state index in [0.717, 1.165) is 10.6 Å². The maximum atomic E-state index is 12.6. The maximum Gasteiger partial charge on any atom is 0.241 e. The molecule has 0 bridgehead atoms. The second-order valence-corrected chi connectivity index (χ2v) is 7.28. The minimum Gasteiger partial charge on any atom is -0.325 e. The highest BCUT2D eigenvalue weighted by molar-refractivity contribution is 7.98. The molecule has 0 fully saturated rings. The highest BCUT2D eigenvalue weighted by atomic mass is 32.2. The number of carbonyl (C=O) groups is 1. The Labute approximate surface area is 159 Å². The number of hydrogen-bond acceptors (Lipinski definition) is 3. The van der Waals surface area contributed by atoms with Gasteiger partial charge >= 0.3 is 0 Å². The summed E-state index contributed by atoms with van der Waals surface area (Å²) in [7, 11) is 0.